The first-order chi connectivity index (χ1) is 20.3. The summed E-state index contributed by atoms with van der Waals surface area (Å²) >= 11 is 0. The zero-order valence-electron chi connectivity index (χ0n) is 23.7. The van der Waals surface area contributed by atoms with Crippen molar-refractivity contribution in [3.05, 3.63) is 54.5 Å². The number of ether oxygens (including phenoxy) is 2. The van der Waals surface area contributed by atoms with Crippen LogP contribution in [0.3, 0.4) is 0 Å². The number of fused-ring (bicyclic) bond motifs is 1. The molecular formula is C29H37N6O6P. The van der Waals surface area contributed by atoms with E-state index in [0.29, 0.717) is 49.3 Å². The van der Waals surface area contributed by atoms with Crippen molar-refractivity contribution in [3.8, 4) is 11.8 Å². The Morgan fingerprint density at radius 3 is 2.74 bits per heavy atom. The average Bonchev–Trinajstić information content (AvgIpc) is 3.60. The van der Waals surface area contributed by atoms with Crippen molar-refractivity contribution in [2.24, 2.45) is 0 Å². The number of rotatable bonds is 14. The average molecular weight is 597 g/mol. The number of unbranched alkanes of at least 4 members (excludes halogenated alkanes) is 3. The molecule has 3 aromatic rings. The molecule has 0 radical (unpaired) electrons. The molecule has 1 aliphatic heterocycles. The quantitative estimate of drug-likeness (QED) is 0.145. The smallest absolute Gasteiger partial charge is 0.459 e. The molecule has 0 amide bonds. The van der Waals surface area contributed by atoms with Crippen LogP contribution < -0.4 is 15.3 Å². The number of carbonyl (C=O) groups is 1. The highest BCUT2D eigenvalue weighted by Crippen LogP contribution is 2.51. The van der Waals surface area contributed by atoms with Crippen LogP contribution in [0.1, 0.15) is 70.4 Å². The van der Waals surface area contributed by atoms with Crippen molar-refractivity contribution < 1.29 is 27.9 Å². The van der Waals surface area contributed by atoms with E-state index in [1.165, 1.54) is 6.33 Å². The highest BCUT2D eigenvalue weighted by Gasteiger charge is 2.52. The van der Waals surface area contributed by atoms with E-state index < -0.39 is 31.0 Å². The van der Waals surface area contributed by atoms with Crippen LogP contribution in [0.4, 0.5) is 5.82 Å². The number of hydrogen-bond donors (Lipinski definition) is 2. The summed E-state index contributed by atoms with van der Waals surface area (Å²) < 4.78 is 39.4. The first kappa shape index (κ1) is 30.0. The summed E-state index contributed by atoms with van der Waals surface area (Å²) in [5.41, 5.74) is 4.59. The molecule has 1 saturated heterocycles. The molecule has 3 N–H and O–H groups in total. The third-order valence-corrected chi connectivity index (χ3v) is 9.48. The highest BCUT2D eigenvalue weighted by molar-refractivity contribution is 7.52. The van der Waals surface area contributed by atoms with Gasteiger partial charge in [-0.3, -0.25) is 9.32 Å². The molecule has 12 nitrogen and oxygen atoms in total. The molecule has 224 valence electrons. The molecule has 3 atom stereocenters. The topological polar surface area (TPSA) is 163 Å². The lowest BCUT2D eigenvalue weighted by Gasteiger charge is -2.41. The third kappa shape index (κ3) is 6.30. The maximum absolute atomic E-state index is 14.2. The van der Waals surface area contributed by atoms with Crippen molar-refractivity contribution in [2.75, 3.05) is 18.9 Å². The molecule has 1 saturated carbocycles. The fraction of sp³-hybridized carbons (Fsp3) is 0.517. The summed E-state index contributed by atoms with van der Waals surface area (Å²) in [6.45, 7) is 2.29. The van der Waals surface area contributed by atoms with Gasteiger partial charge in [-0.15, -0.1) is 0 Å². The Morgan fingerprint density at radius 1 is 1.21 bits per heavy atom. The summed E-state index contributed by atoms with van der Waals surface area (Å²) in [6, 6.07) is 14.4. The maximum atomic E-state index is 14.2. The molecule has 13 heteroatoms. The van der Waals surface area contributed by atoms with Gasteiger partial charge < -0.3 is 19.7 Å². The lowest BCUT2D eigenvalue weighted by Crippen LogP contribution is -2.57. The number of hydrogen-bond acceptors (Lipinski definition) is 10. The van der Waals surface area contributed by atoms with Gasteiger partial charge in [-0.05, 0) is 62.8 Å². The van der Waals surface area contributed by atoms with Crippen molar-refractivity contribution >= 4 is 25.1 Å². The van der Waals surface area contributed by atoms with E-state index in [2.05, 4.69) is 28.2 Å². The summed E-state index contributed by atoms with van der Waals surface area (Å²) in [6.07, 6.45) is 7.17. The van der Waals surface area contributed by atoms with Crippen LogP contribution in [-0.4, -0.2) is 45.4 Å². The molecular weight excluding hydrogens is 559 g/mol. The summed E-state index contributed by atoms with van der Waals surface area (Å²) in [7, 11) is -4.10. The van der Waals surface area contributed by atoms with Crippen LogP contribution in [0.15, 0.2) is 48.8 Å². The molecule has 42 heavy (non-hydrogen) atoms. The van der Waals surface area contributed by atoms with Gasteiger partial charge in [0, 0.05) is 0 Å². The number of esters is 1. The molecule has 5 rings (SSSR count). The van der Waals surface area contributed by atoms with Crippen molar-refractivity contribution in [3.63, 3.8) is 0 Å². The fourth-order valence-electron chi connectivity index (χ4n) is 5.34. The number of nitrogens with zero attached hydrogens (tertiary/aromatic N) is 4. The van der Waals surface area contributed by atoms with Gasteiger partial charge in [0.25, 0.3) is 0 Å². The predicted molar refractivity (Wildman–Crippen MR) is 154 cm³/mol. The molecule has 0 bridgehead atoms. The van der Waals surface area contributed by atoms with E-state index in [1.807, 2.05) is 6.07 Å². The first-order valence-corrected chi connectivity index (χ1v) is 16.0. The van der Waals surface area contributed by atoms with Gasteiger partial charge in [-0.1, -0.05) is 44.4 Å². The summed E-state index contributed by atoms with van der Waals surface area (Å²) in [5.74, 6) is 0.163. The van der Waals surface area contributed by atoms with Gasteiger partial charge in [0.1, 0.15) is 29.2 Å². The van der Waals surface area contributed by atoms with Gasteiger partial charge in [-0.25, -0.2) is 14.1 Å². The standard InChI is InChI=1S/C29H37N6O6P/c1-2-3-4-8-18-38-27(36)28(15-9-16-28)34-42(37,41-22-10-6-5-7-11-22)39-19-23-14-17-29(20-30,40-23)25-13-12-24-26(31)32-21-33-35(24)25/h5-7,10-13,21,23H,2-4,8-9,14-19H2,1H3,(H,34,37)(H2,31,32,33)/t23-,29+,42-/m1/s1. The van der Waals surface area contributed by atoms with E-state index in [0.717, 1.165) is 32.1 Å². The lowest BCUT2D eigenvalue weighted by molar-refractivity contribution is -0.155. The van der Waals surface area contributed by atoms with E-state index in [9.17, 15) is 14.6 Å². The van der Waals surface area contributed by atoms with Crippen LogP contribution in [0.2, 0.25) is 0 Å². The number of benzene rings is 1. The molecule has 2 aromatic heterocycles. The Hall–Kier alpha value is -3.49. The van der Waals surface area contributed by atoms with E-state index >= 15 is 0 Å². The second-order valence-corrected chi connectivity index (χ2v) is 12.5. The fourth-order valence-corrected chi connectivity index (χ4v) is 7.10. The molecule has 1 aromatic carbocycles. The second-order valence-electron chi connectivity index (χ2n) is 10.8. The van der Waals surface area contributed by atoms with E-state index in [1.54, 1.807) is 40.9 Å². The number of nitriles is 1. The number of aromatic nitrogens is 3. The minimum absolute atomic E-state index is 0.136. The lowest BCUT2D eigenvalue weighted by atomic mass is 9.78. The second kappa shape index (κ2) is 12.8. The van der Waals surface area contributed by atoms with Gasteiger partial charge in [0.05, 0.1) is 25.0 Å². The van der Waals surface area contributed by atoms with Crippen LogP contribution >= 0.6 is 7.75 Å². The Morgan fingerprint density at radius 2 is 2.02 bits per heavy atom. The largest absolute Gasteiger partial charge is 0.464 e. The van der Waals surface area contributed by atoms with Crippen LogP contribution in [0, 0.1) is 11.3 Å². The Kier molecular flexibility index (Phi) is 9.13. The molecule has 0 unspecified atom stereocenters. The SMILES string of the molecule is CCCCCCOC(=O)C1(N[P@@](=O)(OC[C@H]2CC[C@](C#N)(c3ccc4c(N)ncnn34)O2)Oc2ccccc2)CCC1. The zero-order valence-corrected chi connectivity index (χ0v) is 24.6. The monoisotopic (exact) mass is 596 g/mol. The number of nitrogens with one attached hydrogen (secondary N) is 1. The maximum Gasteiger partial charge on any atom is 0.459 e. The summed E-state index contributed by atoms with van der Waals surface area (Å²) in [5, 5.41) is 17.4. The Labute approximate surface area is 245 Å². The molecule has 0 spiro atoms. The molecule has 3 heterocycles. The number of nitrogens with two attached hydrogens (primary N) is 1. The minimum Gasteiger partial charge on any atom is -0.464 e. The molecule has 1 aliphatic carbocycles. The molecule has 2 fully saturated rings. The van der Waals surface area contributed by atoms with Crippen molar-refractivity contribution in [1.29, 1.82) is 5.26 Å². The van der Waals surface area contributed by atoms with Crippen LogP contribution in [0.25, 0.3) is 5.52 Å². The van der Waals surface area contributed by atoms with E-state index in [4.69, 9.17) is 24.3 Å². The van der Waals surface area contributed by atoms with Gasteiger partial charge in [-0.2, -0.15) is 15.4 Å². The van der Waals surface area contributed by atoms with Crippen molar-refractivity contribution in [1.82, 2.24) is 19.7 Å². The molecule has 2 aliphatic rings. The van der Waals surface area contributed by atoms with Gasteiger partial charge in [0.15, 0.2) is 11.4 Å². The van der Waals surface area contributed by atoms with E-state index in [-0.39, 0.29) is 12.4 Å². The van der Waals surface area contributed by atoms with Crippen LogP contribution in [-0.2, 0) is 29.0 Å². The predicted octanol–water partition coefficient (Wildman–Crippen LogP) is 5.05. The number of carbonyl (C=O) groups excluding carboxylic acids is 1. The van der Waals surface area contributed by atoms with Gasteiger partial charge >= 0.3 is 13.7 Å². The Bertz CT molecular complexity index is 1470. The third-order valence-electron chi connectivity index (χ3n) is 7.84. The Balaban J connectivity index is 1.30. The highest BCUT2D eigenvalue weighted by atomic mass is 31.2. The number of nitrogen functional groups attached to an aromatic ring is 1. The number of anilines is 1. The summed E-state index contributed by atoms with van der Waals surface area (Å²) in [4.78, 5) is 17.2. The minimum atomic E-state index is -4.10. The first-order valence-electron chi connectivity index (χ1n) is 14.5. The zero-order chi connectivity index (χ0) is 29.6. The van der Waals surface area contributed by atoms with Gasteiger partial charge in [0.2, 0.25) is 0 Å². The van der Waals surface area contributed by atoms with Crippen LogP contribution in [0.5, 0.6) is 5.75 Å². The van der Waals surface area contributed by atoms with Crippen molar-refractivity contribution in [2.45, 2.75) is 82.0 Å². The normalized spacial score (nSPS) is 22.6. The number of para-hydroxylation sites is 1.